The van der Waals surface area contributed by atoms with Crippen LogP contribution in [0.15, 0.2) is 35.6 Å². The summed E-state index contributed by atoms with van der Waals surface area (Å²) in [6, 6.07) is 2.38. The second-order valence-electron chi connectivity index (χ2n) is 7.97. The Morgan fingerprint density at radius 3 is 2.56 bits per heavy atom. The number of ether oxygens (including phenoxy) is 1. The zero-order chi connectivity index (χ0) is 24.9. The molecule has 2 aromatic rings. The highest BCUT2D eigenvalue weighted by atomic mass is 19.4. The number of nitrogens with one attached hydrogen (secondary N) is 1. The van der Waals surface area contributed by atoms with Gasteiger partial charge in [-0.3, -0.25) is 4.79 Å². The van der Waals surface area contributed by atoms with Crippen molar-refractivity contribution in [3.05, 3.63) is 53.4 Å². The molecule has 2 heterocycles. The minimum Gasteiger partial charge on any atom is -0.461 e. The summed E-state index contributed by atoms with van der Waals surface area (Å²) in [5, 5.41) is 2.28. The van der Waals surface area contributed by atoms with Crippen LogP contribution >= 0.6 is 0 Å². The quantitative estimate of drug-likeness (QED) is 0.634. The van der Waals surface area contributed by atoms with Gasteiger partial charge in [0.25, 0.3) is 17.9 Å². The molecule has 3 unspecified atom stereocenters. The molecule has 0 radical (unpaired) electrons. The third-order valence-corrected chi connectivity index (χ3v) is 5.73. The third kappa shape index (κ3) is 4.23. The lowest BCUT2D eigenvalue weighted by atomic mass is 9.76. The second-order valence-corrected chi connectivity index (χ2v) is 7.97. The molecule has 34 heavy (non-hydrogen) atoms. The Kier molecular flexibility index (Phi) is 5.64. The van der Waals surface area contributed by atoms with Crippen LogP contribution in [-0.2, 0) is 16.5 Å². The number of rotatable bonds is 4. The van der Waals surface area contributed by atoms with Gasteiger partial charge < -0.3 is 15.8 Å². The number of anilines is 1. The van der Waals surface area contributed by atoms with E-state index in [0.29, 0.717) is 12.4 Å². The fourth-order valence-electron chi connectivity index (χ4n) is 4.22. The molecule has 1 fully saturated rings. The van der Waals surface area contributed by atoms with Crippen molar-refractivity contribution in [2.45, 2.75) is 36.6 Å². The molecular weight excluding hydrogens is 475 g/mol. The lowest BCUT2D eigenvalue weighted by Gasteiger charge is -2.40. The molecule has 3 N–H and O–H groups in total. The first-order chi connectivity index (χ1) is 15.8. The standard InChI is InChI=1S/C20H16F7N5O2/c21-8-19(11-4-18(23,24)5-14(11)34-17(28)32-19)10-3-9(1-2-12(10)22)31-16(33)13-6-30-15(7-29-13)20(25,26)27/h1-3,6-7,11,14H,4-5,8H2,(H2,28,32)(H,31,33). The van der Waals surface area contributed by atoms with Crippen molar-refractivity contribution >= 4 is 17.6 Å². The normalized spacial score (nSPS) is 25.8. The van der Waals surface area contributed by atoms with Crippen molar-refractivity contribution < 1.29 is 40.3 Å². The Morgan fingerprint density at radius 2 is 1.94 bits per heavy atom. The van der Waals surface area contributed by atoms with Gasteiger partial charge in [0, 0.05) is 30.0 Å². The van der Waals surface area contributed by atoms with Gasteiger partial charge >= 0.3 is 6.18 Å². The summed E-state index contributed by atoms with van der Waals surface area (Å²) < 4.78 is 100. The third-order valence-electron chi connectivity index (χ3n) is 5.73. The number of amidine groups is 1. The smallest absolute Gasteiger partial charge is 0.434 e. The number of hydrogen-bond donors (Lipinski definition) is 2. The van der Waals surface area contributed by atoms with E-state index in [1.165, 1.54) is 0 Å². The highest BCUT2D eigenvalue weighted by Gasteiger charge is 2.60. The molecule has 1 aromatic carbocycles. The maximum atomic E-state index is 14.8. The first kappa shape index (κ1) is 23.7. The Bertz CT molecular complexity index is 1140. The molecule has 4 rings (SSSR count). The molecule has 182 valence electrons. The van der Waals surface area contributed by atoms with Gasteiger partial charge in [0.2, 0.25) is 0 Å². The van der Waals surface area contributed by atoms with E-state index in [-0.39, 0.29) is 5.69 Å². The van der Waals surface area contributed by atoms with Crippen LogP contribution in [0, 0.1) is 11.7 Å². The molecule has 0 saturated heterocycles. The number of nitrogens with two attached hydrogens (primary N) is 1. The maximum Gasteiger partial charge on any atom is 0.434 e. The van der Waals surface area contributed by atoms with Crippen LogP contribution in [0.3, 0.4) is 0 Å². The van der Waals surface area contributed by atoms with Crippen LogP contribution in [-0.4, -0.2) is 40.6 Å². The highest BCUT2D eigenvalue weighted by molar-refractivity contribution is 6.02. The average molecular weight is 491 g/mol. The fraction of sp³-hybridized carbons (Fsp3) is 0.400. The molecule has 2 aliphatic rings. The summed E-state index contributed by atoms with van der Waals surface area (Å²) in [5.41, 5.74) is 1.11. The number of hydrogen-bond acceptors (Lipinski definition) is 6. The number of fused-ring (bicyclic) bond motifs is 1. The summed E-state index contributed by atoms with van der Waals surface area (Å²) in [4.78, 5) is 22.8. The zero-order valence-electron chi connectivity index (χ0n) is 17.0. The van der Waals surface area contributed by atoms with Crippen LogP contribution in [0.5, 0.6) is 0 Å². The lowest BCUT2D eigenvalue weighted by Crippen LogP contribution is -2.48. The molecule has 1 aliphatic heterocycles. The van der Waals surface area contributed by atoms with E-state index < -0.39 is 83.9 Å². The van der Waals surface area contributed by atoms with E-state index in [2.05, 4.69) is 20.3 Å². The number of amides is 1. The molecule has 1 aromatic heterocycles. The number of alkyl halides is 6. The monoisotopic (exact) mass is 491 g/mol. The van der Waals surface area contributed by atoms with Gasteiger partial charge in [-0.15, -0.1) is 0 Å². The largest absolute Gasteiger partial charge is 0.461 e. The van der Waals surface area contributed by atoms with Gasteiger partial charge in [-0.2, -0.15) is 13.2 Å². The van der Waals surface area contributed by atoms with Crippen molar-refractivity contribution in [2.24, 2.45) is 16.6 Å². The SMILES string of the molecule is NC1=NC(CF)(c2cc(NC(=O)c3cnc(C(F)(F)F)cn3)ccc2F)C2CC(F)(F)CC2O1. The first-order valence-electron chi connectivity index (χ1n) is 9.81. The van der Waals surface area contributed by atoms with Crippen molar-refractivity contribution in [1.82, 2.24) is 9.97 Å². The number of carbonyl (C=O) groups excluding carboxylic acids is 1. The molecule has 14 heteroatoms. The number of benzene rings is 1. The summed E-state index contributed by atoms with van der Waals surface area (Å²) in [7, 11) is 0. The van der Waals surface area contributed by atoms with Gasteiger partial charge in [-0.25, -0.2) is 32.5 Å². The molecule has 1 amide bonds. The molecule has 0 bridgehead atoms. The number of halogens is 7. The summed E-state index contributed by atoms with van der Waals surface area (Å²) >= 11 is 0. The van der Waals surface area contributed by atoms with Crippen LogP contribution in [0.4, 0.5) is 36.4 Å². The summed E-state index contributed by atoms with van der Waals surface area (Å²) in [6.07, 6.45) is -6.57. The molecular formula is C20H16F7N5O2. The fourth-order valence-corrected chi connectivity index (χ4v) is 4.22. The first-order valence-corrected chi connectivity index (χ1v) is 9.81. The summed E-state index contributed by atoms with van der Waals surface area (Å²) in [6.45, 7) is -1.38. The second kappa shape index (κ2) is 8.09. The molecule has 3 atom stereocenters. The van der Waals surface area contributed by atoms with Crippen molar-refractivity contribution in [2.75, 3.05) is 12.0 Å². The van der Waals surface area contributed by atoms with Crippen LogP contribution < -0.4 is 11.1 Å². The van der Waals surface area contributed by atoms with Gasteiger partial charge in [0.15, 0.2) is 5.69 Å². The topological polar surface area (TPSA) is 102 Å². The van der Waals surface area contributed by atoms with Crippen molar-refractivity contribution in [3.8, 4) is 0 Å². The Balaban J connectivity index is 1.66. The molecule has 0 spiro atoms. The van der Waals surface area contributed by atoms with Crippen molar-refractivity contribution in [1.29, 1.82) is 0 Å². The van der Waals surface area contributed by atoms with Crippen molar-refractivity contribution in [3.63, 3.8) is 0 Å². The van der Waals surface area contributed by atoms with E-state index in [1.807, 2.05) is 0 Å². The molecule has 1 saturated carbocycles. The van der Waals surface area contributed by atoms with Gasteiger partial charge in [0.05, 0.1) is 12.4 Å². The highest BCUT2D eigenvalue weighted by Crippen LogP contribution is 2.53. The van der Waals surface area contributed by atoms with Crippen LogP contribution in [0.1, 0.15) is 34.6 Å². The van der Waals surface area contributed by atoms with E-state index in [4.69, 9.17) is 10.5 Å². The number of aliphatic imine (C=N–C) groups is 1. The van der Waals surface area contributed by atoms with E-state index in [9.17, 15) is 35.5 Å². The Morgan fingerprint density at radius 1 is 1.21 bits per heavy atom. The predicted octanol–water partition coefficient (Wildman–Crippen LogP) is 3.81. The van der Waals surface area contributed by atoms with Gasteiger partial charge in [0.1, 0.15) is 29.8 Å². The molecule has 1 aliphatic carbocycles. The van der Waals surface area contributed by atoms with E-state index in [0.717, 1.165) is 18.2 Å². The van der Waals surface area contributed by atoms with Gasteiger partial charge in [-0.1, -0.05) is 0 Å². The average Bonchev–Trinajstić information content (AvgIpc) is 3.08. The molecule has 7 nitrogen and oxygen atoms in total. The zero-order valence-corrected chi connectivity index (χ0v) is 17.0. The van der Waals surface area contributed by atoms with E-state index >= 15 is 0 Å². The minimum absolute atomic E-state index is 0.113. The van der Waals surface area contributed by atoms with Crippen LogP contribution in [0.25, 0.3) is 0 Å². The maximum absolute atomic E-state index is 14.8. The van der Waals surface area contributed by atoms with E-state index in [1.54, 1.807) is 0 Å². The number of nitrogens with zero attached hydrogens (tertiary/aromatic N) is 3. The minimum atomic E-state index is -4.75. The predicted molar refractivity (Wildman–Crippen MR) is 103 cm³/mol. The number of carbonyl (C=O) groups is 1. The summed E-state index contributed by atoms with van der Waals surface area (Å²) in [5.74, 6) is -6.44. The Hall–Kier alpha value is -3.45. The lowest BCUT2D eigenvalue weighted by molar-refractivity contribution is -0.141. The van der Waals surface area contributed by atoms with Gasteiger partial charge in [-0.05, 0) is 18.2 Å². The number of aromatic nitrogens is 2. The Labute approximate surface area is 187 Å². The van der Waals surface area contributed by atoms with Crippen LogP contribution in [0.2, 0.25) is 0 Å².